The lowest BCUT2D eigenvalue weighted by atomic mass is 10.1. The molecule has 0 fully saturated rings. The number of nitrogens with one attached hydrogen (secondary N) is 1. The zero-order valence-corrected chi connectivity index (χ0v) is 8.11. The van der Waals surface area contributed by atoms with Crippen LogP contribution in [0.1, 0.15) is 10.4 Å². The molecule has 15 heavy (non-hydrogen) atoms. The number of benzene rings is 1. The standard InChI is InChI=1S/C11H9NO3/c1-15-9-4-2-3-8-7(6-13)5-10(14)12-11(8)9/h2-6H,1H3,(H,12,14). The molecule has 76 valence electrons. The fourth-order valence-corrected chi connectivity index (χ4v) is 1.55. The van der Waals surface area contributed by atoms with E-state index >= 15 is 0 Å². The molecule has 0 saturated carbocycles. The Morgan fingerprint density at radius 3 is 2.87 bits per heavy atom. The van der Waals surface area contributed by atoms with Crippen LogP contribution in [0.4, 0.5) is 0 Å². The molecule has 1 N–H and O–H groups in total. The quantitative estimate of drug-likeness (QED) is 0.749. The van der Waals surface area contributed by atoms with Crippen molar-refractivity contribution in [1.29, 1.82) is 0 Å². The number of carbonyl (C=O) groups is 1. The number of fused-ring (bicyclic) bond motifs is 1. The van der Waals surface area contributed by atoms with Crippen LogP contribution in [0.3, 0.4) is 0 Å². The molecule has 0 unspecified atom stereocenters. The van der Waals surface area contributed by atoms with Crippen LogP contribution in [-0.4, -0.2) is 18.4 Å². The molecule has 1 aromatic heterocycles. The molecule has 1 aromatic carbocycles. The van der Waals surface area contributed by atoms with Gasteiger partial charge in [0.15, 0.2) is 6.29 Å². The molecule has 0 bridgehead atoms. The van der Waals surface area contributed by atoms with Crippen molar-refractivity contribution in [3.8, 4) is 5.75 Å². The molecule has 0 atom stereocenters. The van der Waals surface area contributed by atoms with Gasteiger partial charge in [-0.1, -0.05) is 12.1 Å². The van der Waals surface area contributed by atoms with Crippen LogP contribution in [-0.2, 0) is 0 Å². The second-order valence-corrected chi connectivity index (χ2v) is 3.09. The molecule has 0 aliphatic heterocycles. The van der Waals surface area contributed by atoms with E-state index in [4.69, 9.17) is 4.74 Å². The number of hydrogen-bond acceptors (Lipinski definition) is 3. The van der Waals surface area contributed by atoms with Crippen LogP contribution in [0.2, 0.25) is 0 Å². The summed E-state index contributed by atoms with van der Waals surface area (Å²) in [4.78, 5) is 24.7. The van der Waals surface area contributed by atoms with Crippen LogP contribution in [0.15, 0.2) is 29.1 Å². The Labute approximate surface area is 85.5 Å². The van der Waals surface area contributed by atoms with Crippen molar-refractivity contribution in [1.82, 2.24) is 4.98 Å². The minimum Gasteiger partial charge on any atom is -0.495 e. The number of aromatic nitrogens is 1. The lowest BCUT2D eigenvalue weighted by Crippen LogP contribution is -2.06. The van der Waals surface area contributed by atoms with E-state index in [1.807, 2.05) is 0 Å². The van der Waals surface area contributed by atoms with Crippen LogP contribution in [0.25, 0.3) is 10.9 Å². The molecule has 0 spiro atoms. The zero-order chi connectivity index (χ0) is 10.8. The van der Waals surface area contributed by atoms with Gasteiger partial charge in [0.05, 0.1) is 12.6 Å². The van der Waals surface area contributed by atoms with Gasteiger partial charge >= 0.3 is 0 Å². The lowest BCUT2D eigenvalue weighted by Gasteiger charge is -2.05. The highest BCUT2D eigenvalue weighted by Gasteiger charge is 2.06. The normalized spacial score (nSPS) is 10.2. The van der Waals surface area contributed by atoms with Crippen LogP contribution in [0, 0.1) is 0 Å². The van der Waals surface area contributed by atoms with E-state index in [9.17, 15) is 9.59 Å². The molecule has 0 aliphatic carbocycles. The summed E-state index contributed by atoms with van der Waals surface area (Å²) in [5, 5.41) is 0.684. The van der Waals surface area contributed by atoms with E-state index in [1.54, 1.807) is 18.2 Å². The Morgan fingerprint density at radius 2 is 2.20 bits per heavy atom. The Morgan fingerprint density at radius 1 is 1.40 bits per heavy atom. The number of hydrogen-bond donors (Lipinski definition) is 1. The van der Waals surface area contributed by atoms with Crippen molar-refractivity contribution >= 4 is 17.2 Å². The Bertz CT molecular complexity index is 572. The van der Waals surface area contributed by atoms with Gasteiger partial charge in [0.1, 0.15) is 5.75 Å². The number of rotatable bonds is 2. The molecule has 2 rings (SSSR count). The van der Waals surface area contributed by atoms with Gasteiger partial charge in [-0.3, -0.25) is 9.59 Å². The fourth-order valence-electron chi connectivity index (χ4n) is 1.55. The average molecular weight is 203 g/mol. The van der Waals surface area contributed by atoms with E-state index in [-0.39, 0.29) is 5.56 Å². The summed E-state index contributed by atoms with van der Waals surface area (Å²) in [6.45, 7) is 0. The van der Waals surface area contributed by atoms with Crippen molar-refractivity contribution < 1.29 is 9.53 Å². The molecule has 1 heterocycles. The topological polar surface area (TPSA) is 59.2 Å². The van der Waals surface area contributed by atoms with Crippen LogP contribution < -0.4 is 10.3 Å². The third-order valence-electron chi connectivity index (χ3n) is 2.22. The number of aromatic amines is 1. The number of carbonyl (C=O) groups excluding carboxylic acids is 1. The van der Waals surface area contributed by atoms with Crippen molar-refractivity contribution in [3.63, 3.8) is 0 Å². The maximum Gasteiger partial charge on any atom is 0.249 e. The summed E-state index contributed by atoms with van der Waals surface area (Å²) in [5.41, 5.74) is 0.608. The van der Waals surface area contributed by atoms with Gasteiger partial charge < -0.3 is 9.72 Å². The first-order valence-corrected chi connectivity index (χ1v) is 4.41. The smallest absolute Gasteiger partial charge is 0.249 e. The second kappa shape index (κ2) is 3.57. The van der Waals surface area contributed by atoms with Crippen molar-refractivity contribution in [3.05, 3.63) is 40.2 Å². The van der Waals surface area contributed by atoms with Crippen LogP contribution >= 0.6 is 0 Å². The lowest BCUT2D eigenvalue weighted by molar-refractivity contribution is 0.112. The van der Waals surface area contributed by atoms with E-state index in [2.05, 4.69) is 4.98 Å². The molecular formula is C11H9NO3. The summed E-state index contributed by atoms with van der Waals surface area (Å²) in [6, 6.07) is 6.53. The largest absolute Gasteiger partial charge is 0.495 e. The number of para-hydroxylation sites is 1. The first-order chi connectivity index (χ1) is 7.26. The van der Waals surface area contributed by atoms with Crippen molar-refractivity contribution in [2.45, 2.75) is 0 Å². The van der Waals surface area contributed by atoms with E-state index < -0.39 is 0 Å². The van der Waals surface area contributed by atoms with Gasteiger partial charge in [0.25, 0.3) is 0 Å². The SMILES string of the molecule is COc1cccc2c(C=O)cc(=O)[nH]c12. The minimum atomic E-state index is -0.311. The van der Waals surface area contributed by atoms with Gasteiger partial charge in [-0.05, 0) is 6.07 Å². The number of pyridine rings is 1. The van der Waals surface area contributed by atoms with Gasteiger partial charge in [-0.15, -0.1) is 0 Å². The molecule has 2 aromatic rings. The summed E-state index contributed by atoms with van der Waals surface area (Å²) in [7, 11) is 1.51. The summed E-state index contributed by atoms with van der Waals surface area (Å²) < 4.78 is 5.10. The third-order valence-corrected chi connectivity index (χ3v) is 2.22. The van der Waals surface area contributed by atoms with E-state index in [0.29, 0.717) is 28.5 Å². The molecular weight excluding hydrogens is 194 g/mol. The molecule has 0 aliphatic rings. The van der Waals surface area contributed by atoms with Gasteiger partial charge in [0.2, 0.25) is 5.56 Å². The van der Waals surface area contributed by atoms with E-state index in [0.717, 1.165) is 0 Å². The Hall–Kier alpha value is -2.10. The highest BCUT2D eigenvalue weighted by atomic mass is 16.5. The molecule has 0 amide bonds. The number of H-pyrrole nitrogens is 1. The fraction of sp³-hybridized carbons (Fsp3) is 0.0909. The van der Waals surface area contributed by atoms with Crippen molar-refractivity contribution in [2.24, 2.45) is 0 Å². The average Bonchev–Trinajstić information content (AvgIpc) is 2.27. The van der Waals surface area contributed by atoms with Gasteiger partial charge in [-0.25, -0.2) is 0 Å². The summed E-state index contributed by atoms with van der Waals surface area (Å²) in [6.07, 6.45) is 0.664. The summed E-state index contributed by atoms with van der Waals surface area (Å²) in [5.74, 6) is 0.549. The first-order valence-electron chi connectivity index (χ1n) is 4.41. The third kappa shape index (κ3) is 1.50. The maximum absolute atomic E-state index is 11.3. The number of methoxy groups -OCH3 is 1. The van der Waals surface area contributed by atoms with Crippen LogP contribution in [0.5, 0.6) is 5.75 Å². The number of ether oxygens (including phenoxy) is 1. The highest BCUT2D eigenvalue weighted by Crippen LogP contribution is 2.23. The van der Waals surface area contributed by atoms with E-state index in [1.165, 1.54) is 13.2 Å². The molecule has 0 radical (unpaired) electrons. The Balaban J connectivity index is 2.94. The monoisotopic (exact) mass is 203 g/mol. The molecule has 4 nitrogen and oxygen atoms in total. The second-order valence-electron chi connectivity index (χ2n) is 3.09. The van der Waals surface area contributed by atoms with Crippen molar-refractivity contribution in [2.75, 3.05) is 7.11 Å². The molecule has 4 heteroatoms. The zero-order valence-electron chi connectivity index (χ0n) is 8.11. The predicted molar refractivity (Wildman–Crippen MR) is 56.5 cm³/mol. The van der Waals surface area contributed by atoms with Gasteiger partial charge in [-0.2, -0.15) is 0 Å². The molecule has 0 saturated heterocycles. The first kappa shape index (κ1) is 9.45. The minimum absolute atomic E-state index is 0.311. The maximum atomic E-state index is 11.3. The van der Waals surface area contributed by atoms with Gasteiger partial charge in [0, 0.05) is 17.0 Å². The number of aldehydes is 1. The predicted octanol–water partition coefficient (Wildman–Crippen LogP) is 1.35. The highest BCUT2D eigenvalue weighted by molar-refractivity contribution is 5.98. The Kier molecular flexibility index (Phi) is 2.25. The summed E-state index contributed by atoms with van der Waals surface area (Å²) >= 11 is 0.